The van der Waals surface area contributed by atoms with Crippen LogP contribution < -0.4 is 21.7 Å². The third-order valence-corrected chi connectivity index (χ3v) is 6.59. The normalized spacial score (nSPS) is 31.2. The summed E-state index contributed by atoms with van der Waals surface area (Å²) in [5, 5.41) is 8.29. The second kappa shape index (κ2) is 10.8. The molecule has 0 bridgehead atoms. The lowest BCUT2D eigenvalue weighted by atomic mass is 10.0. The SMILES string of the molecule is CC(C)(C)OC(=O)N[C@H]1CCCCC/C=C\[C@@H]2C[C@@]2(C(=O)NCN)NC(=O)[C@@H]2CCCN2C1=O. The van der Waals surface area contributed by atoms with Crippen LogP contribution in [0.1, 0.15) is 72.1 Å². The van der Waals surface area contributed by atoms with Gasteiger partial charge in [0.05, 0.1) is 6.67 Å². The second-order valence-electron chi connectivity index (χ2n) is 10.4. The number of ether oxygens (including phenoxy) is 1. The van der Waals surface area contributed by atoms with Gasteiger partial charge in [0.2, 0.25) is 17.7 Å². The fourth-order valence-corrected chi connectivity index (χ4v) is 4.79. The van der Waals surface area contributed by atoms with Crippen molar-refractivity contribution in [3.8, 4) is 0 Å². The molecule has 3 rings (SSSR count). The first-order valence-electron chi connectivity index (χ1n) is 12.3. The Morgan fingerprint density at radius 3 is 2.68 bits per heavy atom. The van der Waals surface area contributed by atoms with E-state index in [-0.39, 0.29) is 30.3 Å². The summed E-state index contributed by atoms with van der Waals surface area (Å²) in [6.07, 6.45) is 8.99. The molecule has 1 saturated heterocycles. The number of fused-ring (bicyclic) bond motifs is 2. The molecule has 2 aliphatic heterocycles. The minimum absolute atomic E-state index is 0.0149. The molecular formula is C24H39N5O5. The number of allylic oxidation sites excluding steroid dienone is 1. The first-order valence-corrected chi connectivity index (χ1v) is 12.3. The summed E-state index contributed by atoms with van der Waals surface area (Å²) < 4.78 is 5.37. The smallest absolute Gasteiger partial charge is 0.408 e. The van der Waals surface area contributed by atoms with Crippen LogP contribution in [0, 0.1) is 5.92 Å². The second-order valence-corrected chi connectivity index (χ2v) is 10.4. The van der Waals surface area contributed by atoms with E-state index < -0.39 is 29.3 Å². The molecule has 3 aliphatic rings. The third kappa shape index (κ3) is 6.28. The molecule has 10 nitrogen and oxygen atoms in total. The molecule has 0 unspecified atom stereocenters. The average Bonchev–Trinajstić information content (AvgIpc) is 3.21. The molecule has 190 valence electrons. The highest BCUT2D eigenvalue weighted by Crippen LogP contribution is 2.45. The highest BCUT2D eigenvalue weighted by atomic mass is 16.6. The van der Waals surface area contributed by atoms with E-state index in [2.05, 4.69) is 22.0 Å². The van der Waals surface area contributed by atoms with Crippen molar-refractivity contribution in [2.45, 2.75) is 95.4 Å². The van der Waals surface area contributed by atoms with E-state index in [0.29, 0.717) is 32.2 Å². The summed E-state index contributed by atoms with van der Waals surface area (Å²) in [6, 6.07) is -1.46. The van der Waals surface area contributed by atoms with Gasteiger partial charge >= 0.3 is 6.09 Å². The van der Waals surface area contributed by atoms with Crippen LogP contribution in [0.2, 0.25) is 0 Å². The van der Waals surface area contributed by atoms with Crippen LogP contribution in [0.5, 0.6) is 0 Å². The summed E-state index contributed by atoms with van der Waals surface area (Å²) in [6.45, 7) is 5.71. The zero-order chi connectivity index (χ0) is 24.9. The van der Waals surface area contributed by atoms with Gasteiger partial charge in [0.15, 0.2) is 0 Å². The highest BCUT2D eigenvalue weighted by Gasteiger charge is 2.60. The summed E-state index contributed by atoms with van der Waals surface area (Å²) >= 11 is 0. The molecule has 0 spiro atoms. The summed E-state index contributed by atoms with van der Waals surface area (Å²) in [7, 11) is 0. The molecule has 2 heterocycles. The number of carbonyl (C=O) groups excluding carboxylic acids is 4. The molecule has 0 aromatic rings. The molecule has 2 fully saturated rings. The van der Waals surface area contributed by atoms with Crippen molar-refractivity contribution in [2.75, 3.05) is 13.2 Å². The molecule has 5 N–H and O–H groups in total. The van der Waals surface area contributed by atoms with Gasteiger partial charge in [0.25, 0.3) is 0 Å². The Morgan fingerprint density at radius 2 is 1.97 bits per heavy atom. The minimum Gasteiger partial charge on any atom is -0.444 e. The number of carbonyl (C=O) groups is 4. The van der Waals surface area contributed by atoms with Crippen molar-refractivity contribution in [2.24, 2.45) is 11.7 Å². The Hall–Kier alpha value is -2.62. The van der Waals surface area contributed by atoms with Crippen LogP contribution in [0.15, 0.2) is 12.2 Å². The van der Waals surface area contributed by atoms with E-state index in [1.165, 1.54) is 0 Å². The fourth-order valence-electron chi connectivity index (χ4n) is 4.79. The number of nitrogens with zero attached hydrogens (tertiary/aromatic N) is 1. The zero-order valence-corrected chi connectivity index (χ0v) is 20.5. The van der Waals surface area contributed by atoms with Crippen molar-refractivity contribution < 1.29 is 23.9 Å². The van der Waals surface area contributed by atoms with E-state index in [1.54, 1.807) is 25.7 Å². The van der Waals surface area contributed by atoms with Crippen LogP contribution in [-0.2, 0) is 19.1 Å². The predicted octanol–water partition coefficient (Wildman–Crippen LogP) is 1.30. The van der Waals surface area contributed by atoms with Gasteiger partial charge in [0, 0.05) is 12.5 Å². The molecule has 0 radical (unpaired) electrons. The van der Waals surface area contributed by atoms with Crippen LogP contribution >= 0.6 is 0 Å². The maximum absolute atomic E-state index is 13.5. The molecule has 4 atom stereocenters. The monoisotopic (exact) mass is 477 g/mol. The number of nitrogens with one attached hydrogen (secondary N) is 3. The van der Waals surface area contributed by atoms with Gasteiger partial charge < -0.3 is 31.3 Å². The third-order valence-electron chi connectivity index (χ3n) is 6.59. The molecule has 0 aromatic carbocycles. The van der Waals surface area contributed by atoms with Gasteiger partial charge in [-0.1, -0.05) is 25.0 Å². The fraction of sp³-hybridized carbons (Fsp3) is 0.750. The van der Waals surface area contributed by atoms with E-state index in [0.717, 1.165) is 25.7 Å². The van der Waals surface area contributed by atoms with Crippen LogP contribution in [0.3, 0.4) is 0 Å². The highest BCUT2D eigenvalue weighted by molar-refractivity contribution is 5.98. The lowest BCUT2D eigenvalue weighted by molar-refractivity contribution is -0.141. The van der Waals surface area contributed by atoms with E-state index in [4.69, 9.17) is 10.5 Å². The Kier molecular flexibility index (Phi) is 8.22. The number of nitrogens with two attached hydrogens (primary N) is 1. The van der Waals surface area contributed by atoms with Crippen molar-refractivity contribution in [1.82, 2.24) is 20.9 Å². The minimum atomic E-state index is -1.03. The summed E-state index contributed by atoms with van der Waals surface area (Å²) in [5.74, 6) is -1.04. The van der Waals surface area contributed by atoms with Gasteiger partial charge in [-0.05, 0) is 59.3 Å². The first-order chi connectivity index (χ1) is 16.1. The molecule has 34 heavy (non-hydrogen) atoms. The summed E-state index contributed by atoms with van der Waals surface area (Å²) in [4.78, 5) is 53.5. The van der Waals surface area contributed by atoms with E-state index in [1.807, 2.05) is 6.08 Å². The molecular weight excluding hydrogens is 438 g/mol. The Bertz CT molecular complexity index is 823. The Labute approximate surface area is 201 Å². The molecule has 1 aliphatic carbocycles. The van der Waals surface area contributed by atoms with Gasteiger partial charge in [-0.2, -0.15) is 0 Å². The van der Waals surface area contributed by atoms with Crippen molar-refractivity contribution in [3.05, 3.63) is 12.2 Å². The van der Waals surface area contributed by atoms with Crippen molar-refractivity contribution in [3.63, 3.8) is 0 Å². The summed E-state index contributed by atoms with van der Waals surface area (Å²) in [5.41, 5.74) is 3.80. The maximum Gasteiger partial charge on any atom is 0.408 e. The van der Waals surface area contributed by atoms with Gasteiger partial charge in [0.1, 0.15) is 23.2 Å². The van der Waals surface area contributed by atoms with E-state index in [9.17, 15) is 19.2 Å². The van der Waals surface area contributed by atoms with Crippen LogP contribution in [-0.4, -0.2) is 65.2 Å². The number of hydrogen-bond donors (Lipinski definition) is 4. The van der Waals surface area contributed by atoms with Crippen LogP contribution in [0.25, 0.3) is 0 Å². The van der Waals surface area contributed by atoms with Crippen LogP contribution in [0.4, 0.5) is 4.79 Å². The van der Waals surface area contributed by atoms with Crippen molar-refractivity contribution in [1.29, 1.82) is 0 Å². The Balaban J connectivity index is 1.81. The van der Waals surface area contributed by atoms with Crippen molar-refractivity contribution >= 4 is 23.8 Å². The molecule has 4 amide bonds. The molecule has 10 heteroatoms. The topological polar surface area (TPSA) is 143 Å². The lowest BCUT2D eigenvalue weighted by Gasteiger charge is -2.30. The van der Waals surface area contributed by atoms with Gasteiger partial charge in [-0.15, -0.1) is 0 Å². The first kappa shape index (κ1) is 26.0. The molecule has 0 aromatic heterocycles. The number of alkyl carbamates (subject to hydrolysis) is 1. The number of amides is 4. The zero-order valence-electron chi connectivity index (χ0n) is 20.5. The number of rotatable bonds is 3. The quantitative estimate of drug-likeness (QED) is 0.356. The largest absolute Gasteiger partial charge is 0.444 e. The average molecular weight is 478 g/mol. The predicted molar refractivity (Wildman–Crippen MR) is 126 cm³/mol. The van der Waals surface area contributed by atoms with Gasteiger partial charge in [-0.3, -0.25) is 14.4 Å². The Morgan fingerprint density at radius 1 is 1.21 bits per heavy atom. The standard InChI is InChI=1S/C24H39N5O5/c1-23(2,3)34-22(33)27-17-11-8-6-4-5-7-10-16-14-24(16,21(32)26-15-25)28-19(30)18-12-9-13-29(18)20(17)31/h7,10,16-18H,4-6,8-9,11-15,25H2,1-3H3,(H,26,32)(H,27,33)(H,28,30)/b10-7-/t16-,17+,18+,24-/m1/s1. The lowest BCUT2D eigenvalue weighted by Crippen LogP contribution is -2.58. The number of hydrogen-bond acceptors (Lipinski definition) is 6. The van der Waals surface area contributed by atoms with E-state index >= 15 is 0 Å². The molecule has 1 saturated carbocycles. The van der Waals surface area contributed by atoms with Gasteiger partial charge in [-0.25, -0.2) is 4.79 Å². The maximum atomic E-state index is 13.5.